The van der Waals surface area contributed by atoms with Gasteiger partial charge in [0.25, 0.3) is 0 Å². The molecule has 2 N–H and O–H groups in total. The van der Waals surface area contributed by atoms with Crippen molar-refractivity contribution in [1.29, 1.82) is 0 Å². The van der Waals surface area contributed by atoms with Crippen LogP contribution in [0.2, 0.25) is 0 Å². The fraction of sp³-hybridized carbons (Fsp3) is 0.667. The smallest absolute Gasteiger partial charge is 0.453 e. The molecule has 0 saturated carbocycles. The third kappa shape index (κ3) is 4.98. The van der Waals surface area contributed by atoms with Crippen molar-refractivity contribution in [3.8, 4) is 0 Å². The van der Waals surface area contributed by atoms with Crippen molar-refractivity contribution >= 4 is 11.9 Å². The van der Waals surface area contributed by atoms with E-state index >= 15 is 0 Å². The van der Waals surface area contributed by atoms with Gasteiger partial charge in [0.05, 0.1) is 5.57 Å². The molecule has 0 bridgehead atoms. The highest BCUT2D eigenvalue weighted by Gasteiger charge is 2.57. The van der Waals surface area contributed by atoms with Crippen molar-refractivity contribution in [2.24, 2.45) is 5.41 Å². The molecule has 0 atom stereocenters. The maximum Gasteiger partial charge on any atom is 0.453 e. The van der Waals surface area contributed by atoms with Crippen LogP contribution in [-0.4, -0.2) is 34.3 Å². The van der Waals surface area contributed by atoms with Gasteiger partial charge in [0.15, 0.2) is 0 Å². The van der Waals surface area contributed by atoms with Gasteiger partial charge < -0.3 is 10.2 Å². The van der Waals surface area contributed by atoms with Crippen LogP contribution in [0, 0.1) is 5.41 Å². The van der Waals surface area contributed by atoms with Gasteiger partial charge in [-0.05, 0) is 11.8 Å². The summed E-state index contributed by atoms with van der Waals surface area (Å²) in [4.78, 5) is 22.1. The van der Waals surface area contributed by atoms with Crippen LogP contribution in [-0.2, 0) is 9.59 Å². The number of aliphatic carboxylic acids is 2. The predicted octanol–water partition coefficient (Wildman–Crippen LogP) is 3.48. The van der Waals surface area contributed by atoms with E-state index in [1.165, 1.54) is 20.8 Å². The number of carboxylic acids is 2. The van der Waals surface area contributed by atoms with Crippen LogP contribution in [0.4, 0.5) is 22.0 Å². The van der Waals surface area contributed by atoms with Crippen LogP contribution in [0.25, 0.3) is 0 Å². The SMILES string of the molecule is CC(C)(C)/C(C(=O)O)=C(/CCC(F)(F)C(F)(F)F)C(=O)O. The highest BCUT2D eigenvalue weighted by Crippen LogP contribution is 2.40. The fourth-order valence-corrected chi connectivity index (χ4v) is 1.67. The molecule has 0 aromatic carbocycles. The number of hydrogen-bond acceptors (Lipinski definition) is 2. The van der Waals surface area contributed by atoms with E-state index in [2.05, 4.69) is 0 Å². The van der Waals surface area contributed by atoms with Crippen LogP contribution >= 0.6 is 0 Å². The summed E-state index contributed by atoms with van der Waals surface area (Å²) in [6, 6.07) is 0. The number of rotatable bonds is 5. The Morgan fingerprint density at radius 1 is 0.905 bits per heavy atom. The lowest BCUT2D eigenvalue weighted by atomic mass is 9.82. The summed E-state index contributed by atoms with van der Waals surface area (Å²) in [6.07, 6.45) is -8.85. The van der Waals surface area contributed by atoms with Crippen molar-refractivity contribution in [3.63, 3.8) is 0 Å². The largest absolute Gasteiger partial charge is 0.478 e. The average molecular weight is 318 g/mol. The molecule has 0 aromatic heterocycles. The van der Waals surface area contributed by atoms with E-state index in [1.807, 2.05) is 0 Å². The van der Waals surface area contributed by atoms with E-state index < -0.39 is 53.4 Å². The van der Waals surface area contributed by atoms with Gasteiger partial charge in [0, 0.05) is 12.0 Å². The van der Waals surface area contributed by atoms with Crippen molar-refractivity contribution in [2.45, 2.75) is 45.7 Å². The standard InChI is InChI=1S/C12H15F5O4/c1-10(2,3)7(9(20)21)6(8(18)19)4-5-11(13,14)12(15,16)17/h4-5H2,1-3H3,(H,18,19)(H,20,21)/b7-6-. The number of halogens is 5. The topological polar surface area (TPSA) is 74.6 Å². The summed E-state index contributed by atoms with van der Waals surface area (Å²) < 4.78 is 61.8. The van der Waals surface area contributed by atoms with E-state index in [0.29, 0.717) is 0 Å². The molecule has 0 rings (SSSR count). The molecule has 4 nitrogen and oxygen atoms in total. The molecule has 0 saturated heterocycles. The van der Waals surface area contributed by atoms with E-state index in [-0.39, 0.29) is 0 Å². The zero-order valence-corrected chi connectivity index (χ0v) is 11.5. The van der Waals surface area contributed by atoms with Gasteiger partial charge in [-0.2, -0.15) is 22.0 Å². The van der Waals surface area contributed by atoms with Gasteiger partial charge >= 0.3 is 24.0 Å². The lowest BCUT2D eigenvalue weighted by molar-refractivity contribution is -0.284. The molecule has 0 spiro atoms. The summed E-state index contributed by atoms with van der Waals surface area (Å²) in [5.41, 5.74) is -2.89. The summed E-state index contributed by atoms with van der Waals surface area (Å²) in [5.74, 6) is -8.59. The monoisotopic (exact) mass is 318 g/mol. The van der Waals surface area contributed by atoms with E-state index in [0.717, 1.165) is 0 Å². The van der Waals surface area contributed by atoms with E-state index in [9.17, 15) is 31.5 Å². The lowest BCUT2D eigenvalue weighted by Crippen LogP contribution is -2.36. The molecule has 0 amide bonds. The first-order chi connectivity index (χ1) is 9.11. The highest BCUT2D eigenvalue weighted by molar-refractivity contribution is 5.99. The maximum atomic E-state index is 12.8. The molecule has 0 aliphatic heterocycles. The Kier molecular flexibility index (Phi) is 5.51. The van der Waals surface area contributed by atoms with Crippen molar-refractivity contribution in [3.05, 3.63) is 11.1 Å². The molecule has 122 valence electrons. The molecule has 0 heterocycles. The second-order valence-corrected chi connectivity index (χ2v) is 5.42. The molecule has 9 heteroatoms. The fourth-order valence-electron chi connectivity index (χ4n) is 1.67. The van der Waals surface area contributed by atoms with Gasteiger partial charge in [0.2, 0.25) is 0 Å². The first-order valence-corrected chi connectivity index (χ1v) is 5.76. The minimum Gasteiger partial charge on any atom is -0.478 e. The van der Waals surface area contributed by atoms with Crippen LogP contribution in [0.1, 0.15) is 33.6 Å². The molecule has 21 heavy (non-hydrogen) atoms. The molecular formula is C12H15F5O4. The summed E-state index contributed by atoms with van der Waals surface area (Å²) in [7, 11) is 0. The Morgan fingerprint density at radius 2 is 1.33 bits per heavy atom. The maximum absolute atomic E-state index is 12.8. The zero-order chi connectivity index (χ0) is 17.2. The lowest BCUT2D eigenvalue weighted by Gasteiger charge is -2.24. The molecule has 0 radical (unpaired) electrons. The zero-order valence-electron chi connectivity index (χ0n) is 11.5. The minimum atomic E-state index is -5.82. The van der Waals surface area contributed by atoms with E-state index in [4.69, 9.17) is 10.2 Å². The second kappa shape index (κ2) is 5.98. The van der Waals surface area contributed by atoms with Crippen LogP contribution in [0.3, 0.4) is 0 Å². The highest BCUT2D eigenvalue weighted by atomic mass is 19.4. The van der Waals surface area contributed by atoms with E-state index in [1.54, 1.807) is 0 Å². The molecule has 0 aliphatic carbocycles. The Hall–Kier alpha value is -1.67. The summed E-state index contributed by atoms with van der Waals surface area (Å²) in [5, 5.41) is 17.9. The Morgan fingerprint density at radius 3 is 1.57 bits per heavy atom. The van der Waals surface area contributed by atoms with Crippen LogP contribution in [0.15, 0.2) is 11.1 Å². The van der Waals surface area contributed by atoms with Crippen LogP contribution in [0.5, 0.6) is 0 Å². The number of hydrogen-bond donors (Lipinski definition) is 2. The third-order valence-corrected chi connectivity index (χ3v) is 2.63. The molecule has 0 aliphatic rings. The molecular weight excluding hydrogens is 303 g/mol. The minimum absolute atomic E-state index is 0.701. The summed E-state index contributed by atoms with van der Waals surface area (Å²) in [6.45, 7) is 3.96. The normalized spacial score (nSPS) is 14.7. The quantitative estimate of drug-likeness (QED) is 0.601. The van der Waals surface area contributed by atoms with Gasteiger partial charge in [-0.3, -0.25) is 0 Å². The number of alkyl halides is 5. The van der Waals surface area contributed by atoms with Crippen molar-refractivity contribution < 1.29 is 41.8 Å². The molecule has 0 fully saturated rings. The molecule has 0 unspecified atom stereocenters. The second-order valence-electron chi connectivity index (χ2n) is 5.42. The summed E-state index contributed by atoms with van der Waals surface area (Å²) >= 11 is 0. The van der Waals surface area contributed by atoms with Gasteiger partial charge in [-0.25, -0.2) is 9.59 Å². The Bertz CT molecular complexity index is 457. The van der Waals surface area contributed by atoms with Crippen molar-refractivity contribution in [2.75, 3.05) is 0 Å². The molecule has 0 aromatic rings. The van der Waals surface area contributed by atoms with Gasteiger partial charge in [0.1, 0.15) is 0 Å². The van der Waals surface area contributed by atoms with Gasteiger partial charge in [-0.1, -0.05) is 20.8 Å². The predicted molar refractivity (Wildman–Crippen MR) is 62.0 cm³/mol. The van der Waals surface area contributed by atoms with Crippen LogP contribution < -0.4 is 0 Å². The number of carboxylic acid groups (broad SMARTS) is 2. The first-order valence-electron chi connectivity index (χ1n) is 5.76. The number of carbonyl (C=O) groups is 2. The third-order valence-electron chi connectivity index (χ3n) is 2.63. The van der Waals surface area contributed by atoms with Gasteiger partial charge in [-0.15, -0.1) is 0 Å². The Labute approximate surface area is 117 Å². The average Bonchev–Trinajstić information content (AvgIpc) is 2.18. The van der Waals surface area contributed by atoms with Crippen molar-refractivity contribution in [1.82, 2.24) is 0 Å². The first kappa shape index (κ1) is 19.3. The Balaban J connectivity index is 5.65.